The Kier molecular flexibility index (Phi) is 3.71. The predicted molar refractivity (Wildman–Crippen MR) is 86.9 cm³/mol. The first-order valence-electron chi connectivity index (χ1n) is 7.04. The van der Waals surface area contributed by atoms with Crippen molar-refractivity contribution in [2.75, 3.05) is 0 Å². The lowest BCUT2D eigenvalue weighted by atomic mass is 9.99. The molecule has 3 nitrogen and oxygen atoms in total. The molecule has 0 bridgehead atoms. The van der Waals surface area contributed by atoms with Gasteiger partial charge in [0.25, 0.3) is 0 Å². The molecule has 0 aliphatic rings. The zero-order chi connectivity index (χ0) is 15.5. The molecule has 0 spiro atoms. The fourth-order valence-corrected chi connectivity index (χ4v) is 2.44. The van der Waals surface area contributed by atoms with Crippen molar-refractivity contribution in [3.8, 4) is 0 Å². The van der Waals surface area contributed by atoms with Gasteiger partial charge in [0.1, 0.15) is 0 Å². The largest absolute Gasteiger partial charge is 0.366 e. The Morgan fingerprint density at radius 3 is 2.09 bits per heavy atom. The average molecular weight is 289 g/mol. The highest BCUT2D eigenvalue weighted by atomic mass is 16.1. The van der Waals surface area contributed by atoms with E-state index in [1.807, 2.05) is 42.5 Å². The van der Waals surface area contributed by atoms with E-state index in [1.54, 1.807) is 24.3 Å². The van der Waals surface area contributed by atoms with E-state index in [0.717, 1.165) is 16.3 Å². The highest BCUT2D eigenvalue weighted by Gasteiger charge is 2.08. The number of benzene rings is 3. The van der Waals surface area contributed by atoms with Crippen LogP contribution in [-0.4, -0.2) is 11.7 Å². The summed E-state index contributed by atoms with van der Waals surface area (Å²) in [5, 5.41) is 2.17. The van der Waals surface area contributed by atoms with E-state index in [4.69, 9.17) is 5.73 Å². The van der Waals surface area contributed by atoms with Crippen molar-refractivity contribution >= 4 is 22.5 Å². The van der Waals surface area contributed by atoms with E-state index < -0.39 is 5.91 Å². The molecule has 3 aromatic carbocycles. The van der Waals surface area contributed by atoms with Crippen LogP contribution in [0.1, 0.15) is 26.3 Å². The second kappa shape index (κ2) is 5.82. The lowest BCUT2D eigenvalue weighted by Gasteiger charge is -2.04. The van der Waals surface area contributed by atoms with E-state index in [9.17, 15) is 9.59 Å². The number of fused-ring (bicyclic) bond motifs is 1. The topological polar surface area (TPSA) is 60.2 Å². The van der Waals surface area contributed by atoms with E-state index in [0.29, 0.717) is 17.5 Å². The molecule has 0 atom stereocenters. The molecule has 0 aliphatic heterocycles. The van der Waals surface area contributed by atoms with Gasteiger partial charge in [-0.2, -0.15) is 0 Å². The Morgan fingerprint density at radius 2 is 1.41 bits per heavy atom. The number of rotatable bonds is 4. The summed E-state index contributed by atoms with van der Waals surface area (Å²) in [6, 6.07) is 20.5. The zero-order valence-corrected chi connectivity index (χ0v) is 12.0. The maximum atomic E-state index is 12.4. The number of carbonyl (C=O) groups is 2. The van der Waals surface area contributed by atoms with Gasteiger partial charge in [-0.1, -0.05) is 48.5 Å². The molecular formula is C19H15NO2. The highest BCUT2D eigenvalue weighted by molar-refractivity contribution is 6.01. The summed E-state index contributed by atoms with van der Waals surface area (Å²) in [6.45, 7) is 0. The highest BCUT2D eigenvalue weighted by Crippen LogP contribution is 2.17. The third kappa shape index (κ3) is 2.88. The van der Waals surface area contributed by atoms with Gasteiger partial charge < -0.3 is 5.73 Å². The van der Waals surface area contributed by atoms with Gasteiger partial charge in [-0.15, -0.1) is 0 Å². The van der Waals surface area contributed by atoms with Crippen molar-refractivity contribution in [3.05, 3.63) is 83.4 Å². The molecular weight excluding hydrogens is 274 g/mol. The number of amides is 1. The van der Waals surface area contributed by atoms with Gasteiger partial charge in [0.15, 0.2) is 5.78 Å². The molecule has 0 heterocycles. The fraction of sp³-hybridized carbons (Fsp3) is 0.0526. The lowest BCUT2D eigenvalue weighted by molar-refractivity contribution is 0.0989. The van der Waals surface area contributed by atoms with Crippen LogP contribution in [0.4, 0.5) is 0 Å². The van der Waals surface area contributed by atoms with Crippen LogP contribution >= 0.6 is 0 Å². The molecule has 0 radical (unpaired) electrons. The fourth-order valence-electron chi connectivity index (χ4n) is 2.44. The van der Waals surface area contributed by atoms with E-state index in [-0.39, 0.29) is 5.78 Å². The minimum Gasteiger partial charge on any atom is -0.366 e. The maximum absolute atomic E-state index is 12.4. The smallest absolute Gasteiger partial charge is 0.248 e. The molecule has 2 N–H and O–H groups in total. The Bertz CT molecular complexity index is 851. The molecule has 0 saturated heterocycles. The van der Waals surface area contributed by atoms with Crippen molar-refractivity contribution in [2.24, 2.45) is 5.73 Å². The quantitative estimate of drug-likeness (QED) is 0.749. The Hall–Kier alpha value is -2.94. The number of hydrogen-bond acceptors (Lipinski definition) is 2. The van der Waals surface area contributed by atoms with Gasteiger partial charge >= 0.3 is 0 Å². The molecule has 0 aliphatic carbocycles. The van der Waals surface area contributed by atoms with Crippen LogP contribution in [-0.2, 0) is 6.42 Å². The zero-order valence-electron chi connectivity index (χ0n) is 12.0. The van der Waals surface area contributed by atoms with Crippen molar-refractivity contribution in [1.82, 2.24) is 0 Å². The van der Waals surface area contributed by atoms with E-state index in [1.165, 1.54) is 0 Å². The van der Waals surface area contributed by atoms with Crippen molar-refractivity contribution in [2.45, 2.75) is 6.42 Å². The summed E-state index contributed by atoms with van der Waals surface area (Å²) in [6.07, 6.45) is 0.303. The lowest BCUT2D eigenvalue weighted by Crippen LogP contribution is -2.11. The standard InChI is InChI=1S/C19H15NO2/c20-19(22)15-7-5-13(6-8-15)11-18(21)17-10-9-14-3-1-2-4-16(14)12-17/h1-10,12H,11H2,(H2,20,22). The van der Waals surface area contributed by atoms with Crippen molar-refractivity contribution in [1.29, 1.82) is 0 Å². The SMILES string of the molecule is NC(=O)c1ccc(CC(=O)c2ccc3ccccc3c2)cc1. The minimum absolute atomic E-state index is 0.0533. The Morgan fingerprint density at radius 1 is 0.773 bits per heavy atom. The van der Waals surface area contributed by atoms with Gasteiger partial charge in [0.05, 0.1) is 0 Å². The molecule has 3 aromatic rings. The Balaban J connectivity index is 1.81. The van der Waals surface area contributed by atoms with Crippen LogP contribution in [0.3, 0.4) is 0 Å². The minimum atomic E-state index is -0.465. The summed E-state index contributed by atoms with van der Waals surface area (Å²) in [7, 11) is 0. The second-order valence-corrected chi connectivity index (χ2v) is 5.22. The first-order chi connectivity index (χ1) is 10.6. The number of hydrogen-bond donors (Lipinski definition) is 1. The van der Waals surface area contributed by atoms with Crippen LogP contribution < -0.4 is 5.73 Å². The van der Waals surface area contributed by atoms with Crippen LogP contribution in [0.5, 0.6) is 0 Å². The summed E-state index contributed by atoms with van der Waals surface area (Å²) < 4.78 is 0. The maximum Gasteiger partial charge on any atom is 0.248 e. The van der Waals surface area contributed by atoms with Gasteiger partial charge in [-0.05, 0) is 34.5 Å². The van der Waals surface area contributed by atoms with Crippen LogP contribution in [0.2, 0.25) is 0 Å². The second-order valence-electron chi connectivity index (χ2n) is 5.22. The summed E-state index contributed by atoms with van der Waals surface area (Å²) in [5.41, 5.74) is 7.21. The number of primary amides is 1. The number of carbonyl (C=O) groups excluding carboxylic acids is 2. The van der Waals surface area contributed by atoms with Gasteiger partial charge in [0, 0.05) is 17.5 Å². The molecule has 22 heavy (non-hydrogen) atoms. The van der Waals surface area contributed by atoms with Gasteiger partial charge in [-0.25, -0.2) is 0 Å². The third-order valence-electron chi connectivity index (χ3n) is 3.67. The van der Waals surface area contributed by atoms with Crippen LogP contribution in [0.25, 0.3) is 10.8 Å². The molecule has 3 rings (SSSR count). The van der Waals surface area contributed by atoms with Gasteiger partial charge in [0.2, 0.25) is 5.91 Å². The summed E-state index contributed by atoms with van der Waals surface area (Å²) in [5.74, 6) is -0.412. The summed E-state index contributed by atoms with van der Waals surface area (Å²) >= 11 is 0. The molecule has 0 unspecified atom stereocenters. The first kappa shape index (κ1) is 14.0. The monoisotopic (exact) mass is 289 g/mol. The first-order valence-corrected chi connectivity index (χ1v) is 7.04. The van der Waals surface area contributed by atoms with Crippen LogP contribution in [0, 0.1) is 0 Å². The average Bonchev–Trinajstić information content (AvgIpc) is 2.55. The number of ketones is 1. The molecule has 0 aromatic heterocycles. The summed E-state index contributed by atoms with van der Waals surface area (Å²) in [4.78, 5) is 23.4. The normalized spacial score (nSPS) is 10.5. The Labute approximate surface area is 128 Å². The molecule has 108 valence electrons. The number of Topliss-reactive ketones (excluding diaryl/α,β-unsaturated/α-hetero) is 1. The molecule has 3 heteroatoms. The van der Waals surface area contributed by atoms with E-state index >= 15 is 0 Å². The van der Waals surface area contributed by atoms with E-state index in [2.05, 4.69) is 0 Å². The third-order valence-corrected chi connectivity index (χ3v) is 3.67. The van der Waals surface area contributed by atoms with Crippen molar-refractivity contribution in [3.63, 3.8) is 0 Å². The van der Waals surface area contributed by atoms with Gasteiger partial charge in [-0.3, -0.25) is 9.59 Å². The molecule has 0 fully saturated rings. The predicted octanol–water partition coefficient (Wildman–Crippen LogP) is 3.36. The van der Waals surface area contributed by atoms with Crippen LogP contribution in [0.15, 0.2) is 66.7 Å². The van der Waals surface area contributed by atoms with Crippen molar-refractivity contribution < 1.29 is 9.59 Å². The number of nitrogens with two attached hydrogens (primary N) is 1. The molecule has 1 amide bonds. The molecule has 0 saturated carbocycles.